The number of phenols is 1. The fourth-order valence-corrected chi connectivity index (χ4v) is 9.47. The van der Waals surface area contributed by atoms with E-state index in [4.69, 9.17) is 0 Å². The third-order valence-electron chi connectivity index (χ3n) is 11.1. The Labute approximate surface area is 257 Å². The number of hydrogen-bond donors (Lipinski definition) is 1. The Kier molecular flexibility index (Phi) is 7.71. The third-order valence-corrected chi connectivity index (χ3v) is 11.1. The molecule has 1 N–H and O–H groups in total. The first-order chi connectivity index (χ1) is 20.9. The molecular weight excluding hydrogens is 530 g/mol. The minimum atomic E-state index is 0.175. The molecule has 4 aliphatic carbocycles. The molecule has 8 rings (SSSR count). The molecule has 0 atom stereocenters. The second kappa shape index (κ2) is 11.6. The van der Waals surface area contributed by atoms with Crippen LogP contribution in [0.15, 0.2) is 66.7 Å². The Morgan fingerprint density at radius 1 is 0.837 bits per heavy atom. The van der Waals surface area contributed by atoms with Crippen LogP contribution in [-0.2, 0) is 13.0 Å². The summed E-state index contributed by atoms with van der Waals surface area (Å²) < 4.78 is 0. The van der Waals surface area contributed by atoms with Gasteiger partial charge in [-0.1, -0.05) is 37.3 Å². The van der Waals surface area contributed by atoms with E-state index in [1.165, 1.54) is 55.3 Å². The van der Waals surface area contributed by atoms with E-state index in [1.54, 1.807) is 6.07 Å². The van der Waals surface area contributed by atoms with Crippen molar-refractivity contribution in [2.75, 3.05) is 44.7 Å². The van der Waals surface area contributed by atoms with Gasteiger partial charge < -0.3 is 14.9 Å². The molecule has 5 aliphatic rings. The predicted octanol–water partition coefficient (Wildman–Crippen LogP) is 7.23. The maximum Gasteiger partial charge on any atom is 0.253 e. The molecule has 226 valence electrons. The summed E-state index contributed by atoms with van der Waals surface area (Å²) in [4.78, 5) is 20.5. The molecule has 43 heavy (non-hydrogen) atoms. The molecule has 0 aromatic heterocycles. The number of carbonyl (C=O) groups excluding carboxylic acids is 1. The van der Waals surface area contributed by atoms with Gasteiger partial charge in [0, 0.05) is 57.6 Å². The fourth-order valence-electron chi connectivity index (χ4n) is 9.47. The van der Waals surface area contributed by atoms with Gasteiger partial charge >= 0.3 is 0 Å². The Bertz CT molecular complexity index is 1420. The fraction of sp³-hybridized carbons (Fsp3) is 0.500. The van der Waals surface area contributed by atoms with Crippen molar-refractivity contribution < 1.29 is 9.90 Å². The smallest absolute Gasteiger partial charge is 0.253 e. The first-order valence-electron chi connectivity index (χ1n) is 16.6. The van der Waals surface area contributed by atoms with Crippen LogP contribution in [0.25, 0.3) is 11.1 Å². The Hall–Kier alpha value is -3.31. The molecule has 4 saturated carbocycles. The lowest BCUT2D eigenvalue weighted by Crippen LogP contribution is -2.51. The summed E-state index contributed by atoms with van der Waals surface area (Å²) in [5.41, 5.74) is 7.38. The van der Waals surface area contributed by atoms with Gasteiger partial charge in [-0.3, -0.25) is 9.69 Å². The Balaban J connectivity index is 0.933. The second-order valence-corrected chi connectivity index (χ2v) is 14.3. The van der Waals surface area contributed by atoms with Crippen molar-refractivity contribution in [1.29, 1.82) is 0 Å². The number of benzene rings is 3. The van der Waals surface area contributed by atoms with E-state index in [2.05, 4.69) is 53.1 Å². The third kappa shape index (κ3) is 5.93. The number of piperazine rings is 1. The minimum absolute atomic E-state index is 0.175. The number of nitrogens with zero attached hydrogens (tertiary/aromatic N) is 3. The highest BCUT2D eigenvalue weighted by Gasteiger charge is 2.51. The van der Waals surface area contributed by atoms with Crippen molar-refractivity contribution in [2.45, 2.75) is 58.4 Å². The number of rotatable bonds is 8. The minimum Gasteiger partial charge on any atom is -0.508 e. The van der Waals surface area contributed by atoms with E-state index in [9.17, 15) is 9.90 Å². The highest BCUT2D eigenvalue weighted by atomic mass is 16.3. The molecule has 3 aromatic rings. The van der Waals surface area contributed by atoms with Gasteiger partial charge in [0.25, 0.3) is 5.91 Å². The van der Waals surface area contributed by atoms with E-state index >= 15 is 0 Å². The zero-order valence-corrected chi connectivity index (χ0v) is 26.0. The zero-order chi connectivity index (χ0) is 29.6. The molecule has 0 radical (unpaired) electrons. The lowest BCUT2D eigenvalue weighted by molar-refractivity contribution is -0.0629. The predicted molar refractivity (Wildman–Crippen MR) is 174 cm³/mol. The van der Waals surface area contributed by atoms with E-state index in [-0.39, 0.29) is 5.91 Å². The number of anilines is 1. The summed E-state index contributed by atoms with van der Waals surface area (Å²) in [5, 5.41) is 9.90. The van der Waals surface area contributed by atoms with E-state index in [0.717, 1.165) is 80.1 Å². The van der Waals surface area contributed by atoms with Crippen LogP contribution < -0.4 is 4.90 Å². The standard InChI is InChI=1S/C38H47N3O2/c1-3-30-20-33(32-5-4-6-36(42)21-32)7-8-34(30)25-40-13-15-41(16-14-40)35-11-9-31(10-12-35)37(43)39(2)26-38-22-27-17-28(23-38)19-29(18-27)24-38/h4-12,20-21,27-29,42H,3,13-19,22-26H2,1-2H3. The van der Waals surface area contributed by atoms with Crippen molar-refractivity contribution >= 4 is 11.6 Å². The van der Waals surface area contributed by atoms with Crippen molar-refractivity contribution in [3.8, 4) is 16.9 Å². The van der Waals surface area contributed by atoms with Crippen LogP contribution in [0.5, 0.6) is 5.75 Å². The molecule has 0 spiro atoms. The average Bonchev–Trinajstić information content (AvgIpc) is 3.00. The van der Waals surface area contributed by atoms with Gasteiger partial charge in [-0.05, 0) is 127 Å². The van der Waals surface area contributed by atoms with Gasteiger partial charge in [-0.15, -0.1) is 0 Å². The van der Waals surface area contributed by atoms with Crippen LogP contribution in [0.2, 0.25) is 0 Å². The number of hydrogen-bond acceptors (Lipinski definition) is 4. The zero-order valence-electron chi connectivity index (χ0n) is 26.0. The van der Waals surface area contributed by atoms with Gasteiger partial charge in [-0.25, -0.2) is 0 Å². The molecule has 1 aliphatic heterocycles. The number of aromatic hydroxyl groups is 1. The van der Waals surface area contributed by atoms with E-state index in [0.29, 0.717) is 11.2 Å². The normalized spacial score (nSPS) is 26.6. The molecule has 5 fully saturated rings. The average molecular weight is 578 g/mol. The summed E-state index contributed by atoms with van der Waals surface area (Å²) in [7, 11) is 2.03. The maximum atomic E-state index is 13.4. The first-order valence-corrected chi connectivity index (χ1v) is 16.6. The van der Waals surface area contributed by atoms with E-state index < -0.39 is 0 Å². The summed E-state index contributed by atoms with van der Waals surface area (Å²) in [6.07, 6.45) is 9.34. The number of aryl methyl sites for hydroxylation is 1. The molecular formula is C38H47N3O2. The van der Waals surface area contributed by atoms with Crippen LogP contribution in [0.1, 0.15) is 66.9 Å². The molecule has 1 amide bonds. The van der Waals surface area contributed by atoms with Gasteiger partial charge in [0.15, 0.2) is 0 Å². The Morgan fingerprint density at radius 2 is 1.49 bits per heavy atom. The van der Waals surface area contributed by atoms with Crippen molar-refractivity contribution in [3.63, 3.8) is 0 Å². The van der Waals surface area contributed by atoms with Crippen LogP contribution in [0.4, 0.5) is 5.69 Å². The summed E-state index contributed by atoms with van der Waals surface area (Å²) in [6.45, 7) is 8.12. The lowest BCUT2D eigenvalue weighted by atomic mass is 9.49. The van der Waals surface area contributed by atoms with Gasteiger partial charge in [0.1, 0.15) is 5.75 Å². The van der Waals surface area contributed by atoms with Gasteiger partial charge in [-0.2, -0.15) is 0 Å². The monoisotopic (exact) mass is 577 g/mol. The van der Waals surface area contributed by atoms with Crippen LogP contribution in [0.3, 0.4) is 0 Å². The van der Waals surface area contributed by atoms with Crippen LogP contribution in [0, 0.1) is 23.2 Å². The highest BCUT2D eigenvalue weighted by Crippen LogP contribution is 2.60. The largest absolute Gasteiger partial charge is 0.508 e. The number of carbonyl (C=O) groups is 1. The van der Waals surface area contributed by atoms with Crippen molar-refractivity contribution in [2.24, 2.45) is 23.2 Å². The molecule has 5 heteroatoms. The quantitative estimate of drug-likeness (QED) is 0.307. The van der Waals surface area contributed by atoms with Crippen molar-refractivity contribution in [3.05, 3.63) is 83.4 Å². The van der Waals surface area contributed by atoms with Gasteiger partial charge in [0.05, 0.1) is 0 Å². The van der Waals surface area contributed by atoms with E-state index in [1.807, 2.05) is 36.2 Å². The van der Waals surface area contributed by atoms with Gasteiger partial charge in [0.2, 0.25) is 0 Å². The first kappa shape index (κ1) is 28.5. The maximum absolute atomic E-state index is 13.4. The number of amides is 1. The topological polar surface area (TPSA) is 47.0 Å². The summed E-state index contributed by atoms with van der Waals surface area (Å²) in [6, 6.07) is 22.6. The van der Waals surface area contributed by atoms with Crippen molar-refractivity contribution in [1.82, 2.24) is 9.80 Å². The molecule has 3 aromatic carbocycles. The van der Waals surface area contributed by atoms with Crippen LogP contribution in [-0.4, -0.2) is 60.6 Å². The molecule has 5 nitrogen and oxygen atoms in total. The molecule has 1 heterocycles. The summed E-state index contributed by atoms with van der Waals surface area (Å²) in [5.74, 6) is 3.23. The molecule has 0 unspecified atom stereocenters. The lowest BCUT2D eigenvalue weighted by Gasteiger charge is -2.57. The Morgan fingerprint density at radius 3 is 2.12 bits per heavy atom. The summed E-state index contributed by atoms with van der Waals surface area (Å²) >= 11 is 0. The second-order valence-electron chi connectivity index (χ2n) is 14.3. The molecule has 4 bridgehead atoms. The van der Waals surface area contributed by atoms with Crippen LogP contribution >= 0.6 is 0 Å². The number of phenolic OH excluding ortho intramolecular Hbond substituents is 1. The SMILES string of the molecule is CCc1cc(-c2cccc(O)c2)ccc1CN1CCN(c2ccc(C(=O)N(C)CC34CC5CC(CC(C5)C3)C4)cc2)CC1. The highest BCUT2D eigenvalue weighted by molar-refractivity contribution is 5.94. The molecule has 1 saturated heterocycles.